The van der Waals surface area contributed by atoms with E-state index in [9.17, 15) is 17.6 Å². The van der Waals surface area contributed by atoms with Crippen LogP contribution >= 0.6 is 0 Å². The number of amides is 1. The van der Waals surface area contributed by atoms with Gasteiger partial charge in [0.1, 0.15) is 0 Å². The van der Waals surface area contributed by atoms with Gasteiger partial charge in [-0.15, -0.1) is 0 Å². The van der Waals surface area contributed by atoms with E-state index in [4.69, 9.17) is 0 Å². The first-order valence-electron chi connectivity index (χ1n) is 3.54. The van der Waals surface area contributed by atoms with Crippen LogP contribution in [0.2, 0.25) is 0 Å². The predicted molar refractivity (Wildman–Crippen MR) is 45.5 cm³/mol. The van der Waals surface area contributed by atoms with E-state index in [1.54, 1.807) is 0 Å². The minimum Gasteiger partial charge on any atom is -0.366 e. The molecule has 1 rings (SSSR count). The van der Waals surface area contributed by atoms with Crippen LogP contribution in [0.15, 0.2) is 29.4 Å². The van der Waals surface area contributed by atoms with Crippen LogP contribution in [0.1, 0.15) is 0 Å². The number of hydrogen-bond donors (Lipinski definition) is 1. The van der Waals surface area contributed by atoms with Gasteiger partial charge in [-0.2, -0.15) is 0 Å². The second-order valence-electron chi connectivity index (χ2n) is 2.43. The summed E-state index contributed by atoms with van der Waals surface area (Å²) in [6.45, 7) is 0. The van der Waals surface area contributed by atoms with Crippen LogP contribution in [-0.2, 0) is 14.6 Å². The molecule has 0 aliphatic carbocycles. The SMILES string of the molecule is NC(=O)C(F)S(=O)(=O)c1ccccn1. The van der Waals surface area contributed by atoms with Crippen molar-refractivity contribution in [3.8, 4) is 0 Å². The van der Waals surface area contributed by atoms with Crippen LogP contribution in [0.4, 0.5) is 4.39 Å². The van der Waals surface area contributed by atoms with Crippen molar-refractivity contribution in [1.29, 1.82) is 0 Å². The van der Waals surface area contributed by atoms with Gasteiger partial charge in [0.05, 0.1) is 0 Å². The summed E-state index contributed by atoms with van der Waals surface area (Å²) < 4.78 is 35.4. The van der Waals surface area contributed by atoms with Crippen LogP contribution in [0, 0.1) is 0 Å². The van der Waals surface area contributed by atoms with Gasteiger partial charge in [-0.25, -0.2) is 17.8 Å². The molecule has 1 aromatic rings. The molecule has 1 unspecified atom stereocenters. The van der Waals surface area contributed by atoms with Crippen molar-refractivity contribution in [1.82, 2.24) is 4.98 Å². The van der Waals surface area contributed by atoms with E-state index < -0.39 is 26.3 Å². The van der Waals surface area contributed by atoms with Crippen molar-refractivity contribution in [2.45, 2.75) is 10.5 Å². The lowest BCUT2D eigenvalue weighted by Gasteiger charge is -2.04. The van der Waals surface area contributed by atoms with Crippen LogP contribution in [0.3, 0.4) is 0 Å². The van der Waals surface area contributed by atoms with Crippen LogP contribution in [0.25, 0.3) is 0 Å². The maximum Gasteiger partial charge on any atom is 0.283 e. The molecule has 76 valence electrons. The van der Waals surface area contributed by atoms with Gasteiger partial charge in [0.25, 0.3) is 11.4 Å². The molecule has 0 saturated carbocycles. The number of hydrogen-bond acceptors (Lipinski definition) is 4. The smallest absolute Gasteiger partial charge is 0.283 e. The normalized spacial score (nSPS) is 13.5. The zero-order valence-electron chi connectivity index (χ0n) is 6.92. The number of alkyl halides is 1. The zero-order valence-corrected chi connectivity index (χ0v) is 7.74. The Morgan fingerprint density at radius 2 is 2.14 bits per heavy atom. The molecule has 0 aliphatic heterocycles. The number of carbonyl (C=O) groups excluding carboxylic acids is 1. The van der Waals surface area contributed by atoms with Crippen LogP contribution < -0.4 is 5.73 Å². The molecule has 0 aliphatic rings. The number of primary amides is 1. The lowest BCUT2D eigenvalue weighted by molar-refractivity contribution is -0.120. The largest absolute Gasteiger partial charge is 0.366 e. The lowest BCUT2D eigenvalue weighted by Crippen LogP contribution is -2.32. The minimum absolute atomic E-state index is 0.508. The number of halogens is 1. The number of pyridine rings is 1. The quantitative estimate of drug-likeness (QED) is 0.749. The van der Waals surface area contributed by atoms with Crippen molar-refractivity contribution < 1.29 is 17.6 Å². The maximum absolute atomic E-state index is 12.9. The molecule has 1 amide bonds. The monoisotopic (exact) mass is 218 g/mol. The second-order valence-corrected chi connectivity index (χ2v) is 4.35. The topological polar surface area (TPSA) is 90.1 Å². The van der Waals surface area contributed by atoms with Crippen molar-refractivity contribution in [2.24, 2.45) is 5.73 Å². The number of nitrogens with zero attached hydrogens (tertiary/aromatic N) is 1. The average molecular weight is 218 g/mol. The molecule has 0 spiro atoms. The fraction of sp³-hybridized carbons (Fsp3) is 0.143. The molecule has 0 bridgehead atoms. The molecule has 0 saturated heterocycles. The molecule has 1 heterocycles. The molecule has 14 heavy (non-hydrogen) atoms. The van der Waals surface area contributed by atoms with Gasteiger partial charge in [-0.3, -0.25) is 4.79 Å². The molecule has 0 fully saturated rings. The standard InChI is InChI=1S/C7H7FN2O3S/c8-6(7(9)11)14(12,13)5-3-1-2-4-10-5/h1-4,6H,(H2,9,11). The summed E-state index contributed by atoms with van der Waals surface area (Å²) in [5.41, 5.74) is 1.79. The van der Waals surface area contributed by atoms with Gasteiger partial charge >= 0.3 is 0 Å². The van der Waals surface area contributed by atoms with E-state index in [1.807, 2.05) is 0 Å². The molecular formula is C7H7FN2O3S. The van der Waals surface area contributed by atoms with Gasteiger partial charge < -0.3 is 5.73 Å². The molecule has 7 heteroatoms. The second kappa shape index (κ2) is 3.70. The van der Waals surface area contributed by atoms with Gasteiger partial charge in [0.2, 0.25) is 9.84 Å². The first-order chi connectivity index (χ1) is 6.46. The van der Waals surface area contributed by atoms with Crippen molar-refractivity contribution in [3.05, 3.63) is 24.4 Å². The van der Waals surface area contributed by atoms with Gasteiger partial charge in [-0.1, -0.05) is 6.07 Å². The molecule has 5 nitrogen and oxygen atoms in total. The summed E-state index contributed by atoms with van der Waals surface area (Å²) in [6.07, 6.45) is 1.18. The zero-order chi connectivity index (χ0) is 10.8. The van der Waals surface area contributed by atoms with Crippen LogP contribution in [0.5, 0.6) is 0 Å². The Labute approximate surface area is 79.7 Å². The number of nitrogens with two attached hydrogens (primary N) is 1. The third-order valence-corrected chi connectivity index (χ3v) is 3.03. The summed E-state index contributed by atoms with van der Waals surface area (Å²) in [6, 6.07) is 3.93. The lowest BCUT2D eigenvalue weighted by atomic mass is 10.5. The summed E-state index contributed by atoms with van der Waals surface area (Å²) in [4.78, 5) is 13.8. The Kier molecular flexibility index (Phi) is 2.80. The highest BCUT2D eigenvalue weighted by atomic mass is 32.2. The summed E-state index contributed by atoms with van der Waals surface area (Å²) in [7, 11) is -4.39. The molecule has 2 N–H and O–H groups in total. The molecule has 0 radical (unpaired) electrons. The Morgan fingerprint density at radius 1 is 1.50 bits per heavy atom. The molecule has 1 aromatic heterocycles. The molecular weight excluding hydrogens is 211 g/mol. The number of sulfone groups is 1. The highest BCUT2D eigenvalue weighted by Gasteiger charge is 2.33. The number of aromatic nitrogens is 1. The third kappa shape index (κ3) is 1.87. The molecule has 0 aromatic carbocycles. The van der Waals surface area contributed by atoms with Crippen molar-refractivity contribution >= 4 is 15.7 Å². The Bertz CT molecular complexity index is 432. The fourth-order valence-electron chi connectivity index (χ4n) is 0.774. The Morgan fingerprint density at radius 3 is 2.57 bits per heavy atom. The summed E-state index contributed by atoms with van der Waals surface area (Å²) >= 11 is 0. The first kappa shape index (κ1) is 10.6. The van der Waals surface area contributed by atoms with Gasteiger partial charge in [-0.05, 0) is 12.1 Å². The van der Waals surface area contributed by atoms with Crippen molar-refractivity contribution in [2.75, 3.05) is 0 Å². The first-order valence-corrected chi connectivity index (χ1v) is 5.09. The number of carbonyl (C=O) groups is 1. The summed E-state index contributed by atoms with van der Waals surface area (Å²) in [5, 5.41) is -0.508. The van der Waals surface area contributed by atoms with E-state index in [1.165, 1.54) is 18.3 Å². The van der Waals surface area contributed by atoms with Crippen LogP contribution in [-0.4, -0.2) is 24.8 Å². The number of rotatable bonds is 3. The van der Waals surface area contributed by atoms with E-state index in [-0.39, 0.29) is 0 Å². The van der Waals surface area contributed by atoms with E-state index in [0.29, 0.717) is 0 Å². The minimum atomic E-state index is -4.39. The Balaban J connectivity index is 3.16. The fourth-order valence-corrected chi connectivity index (χ4v) is 1.77. The predicted octanol–water partition coefficient (Wildman–Crippen LogP) is -0.364. The Hall–Kier alpha value is -1.50. The van der Waals surface area contributed by atoms with E-state index >= 15 is 0 Å². The van der Waals surface area contributed by atoms with Gasteiger partial charge in [0, 0.05) is 6.20 Å². The average Bonchev–Trinajstić information content (AvgIpc) is 2.18. The van der Waals surface area contributed by atoms with Gasteiger partial charge in [0.15, 0.2) is 5.03 Å². The highest BCUT2D eigenvalue weighted by Crippen LogP contribution is 2.13. The third-order valence-electron chi connectivity index (χ3n) is 1.43. The molecule has 1 atom stereocenters. The van der Waals surface area contributed by atoms with E-state index in [2.05, 4.69) is 10.7 Å². The maximum atomic E-state index is 12.9. The highest BCUT2D eigenvalue weighted by molar-refractivity contribution is 7.92. The van der Waals surface area contributed by atoms with Crippen molar-refractivity contribution in [3.63, 3.8) is 0 Å². The van der Waals surface area contributed by atoms with E-state index in [0.717, 1.165) is 6.07 Å². The summed E-state index contributed by atoms with van der Waals surface area (Å²) in [5.74, 6) is -1.55.